The van der Waals surface area contributed by atoms with Gasteiger partial charge in [0.1, 0.15) is 11.5 Å². The van der Waals surface area contributed by atoms with Crippen LogP contribution in [0.25, 0.3) is 0 Å². The van der Waals surface area contributed by atoms with Crippen molar-refractivity contribution in [3.05, 3.63) is 58.1 Å². The van der Waals surface area contributed by atoms with E-state index in [1.807, 2.05) is 12.1 Å². The van der Waals surface area contributed by atoms with Gasteiger partial charge in [-0.1, -0.05) is 35.3 Å². The van der Waals surface area contributed by atoms with Crippen molar-refractivity contribution in [2.45, 2.75) is 13.0 Å². The molecule has 0 saturated heterocycles. The minimum Gasteiger partial charge on any atom is -0.457 e. The second-order valence-electron chi connectivity index (χ2n) is 3.96. The van der Waals surface area contributed by atoms with E-state index in [1.54, 1.807) is 37.3 Å². The van der Waals surface area contributed by atoms with Crippen LogP contribution < -0.4 is 4.74 Å². The lowest BCUT2D eigenvalue weighted by Gasteiger charge is -2.09. The normalized spacial score (nSPS) is 12.2. The maximum atomic E-state index is 9.50. The van der Waals surface area contributed by atoms with Crippen LogP contribution in [0, 0.1) is 0 Å². The molecule has 2 rings (SSSR count). The van der Waals surface area contributed by atoms with Crippen LogP contribution in [-0.4, -0.2) is 5.11 Å². The van der Waals surface area contributed by atoms with Crippen LogP contribution in [0.15, 0.2) is 42.5 Å². The van der Waals surface area contributed by atoms with Crippen molar-refractivity contribution in [1.29, 1.82) is 0 Å². The Morgan fingerprint density at radius 1 is 1.00 bits per heavy atom. The van der Waals surface area contributed by atoms with Crippen LogP contribution in [-0.2, 0) is 0 Å². The Morgan fingerprint density at radius 2 is 1.67 bits per heavy atom. The number of benzene rings is 2. The summed E-state index contributed by atoms with van der Waals surface area (Å²) in [6, 6.07) is 12.2. The number of hydrogen-bond acceptors (Lipinski definition) is 2. The van der Waals surface area contributed by atoms with Crippen molar-refractivity contribution < 1.29 is 9.84 Å². The molecule has 94 valence electrons. The van der Waals surface area contributed by atoms with E-state index >= 15 is 0 Å². The maximum Gasteiger partial charge on any atom is 0.130 e. The first kappa shape index (κ1) is 13.2. The number of ether oxygens (including phenoxy) is 1. The Kier molecular flexibility index (Phi) is 4.12. The third-order valence-corrected chi connectivity index (χ3v) is 2.85. The molecule has 0 spiro atoms. The summed E-state index contributed by atoms with van der Waals surface area (Å²) in [6.07, 6.45) is -0.531. The molecule has 2 aromatic rings. The molecule has 0 aliphatic carbocycles. The van der Waals surface area contributed by atoms with Gasteiger partial charge in [-0.05, 0) is 42.8 Å². The zero-order valence-electron chi connectivity index (χ0n) is 9.73. The number of hydrogen-bond donors (Lipinski definition) is 1. The monoisotopic (exact) mass is 282 g/mol. The van der Waals surface area contributed by atoms with Crippen LogP contribution in [0.1, 0.15) is 18.6 Å². The summed E-state index contributed by atoms with van der Waals surface area (Å²) < 4.78 is 5.65. The predicted molar refractivity (Wildman–Crippen MR) is 73.6 cm³/mol. The molecule has 0 aromatic heterocycles. The van der Waals surface area contributed by atoms with E-state index in [0.29, 0.717) is 21.5 Å². The van der Waals surface area contributed by atoms with Gasteiger partial charge in [0.05, 0.1) is 6.10 Å². The Bertz CT molecular complexity index is 533. The molecule has 0 radical (unpaired) electrons. The molecule has 0 amide bonds. The third kappa shape index (κ3) is 3.39. The average Bonchev–Trinajstić information content (AvgIpc) is 2.27. The molecule has 0 heterocycles. The van der Waals surface area contributed by atoms with E-state index in [0.717, 1.165) is 5.56 Å². The van der Waals surface area contributed by atoms with Gasteiger partial charge in [-0.3, -0.25) is 0 Å². The van der Waals surface area contributed by atoms with Gasteiger partial charge in [-0.2, -0.15) is 0 Å². The smallest absolute Gasteiger partial charge is 0.130 e. The Hall–Kier alpha value is -1.22. The SMILES string of the molecule is CC(O)c1cccc(Oc2cc(Cl)cc(Cl)c2)c1. The Morgan fingerprint density at radius 3 is 2.28 bits per heavy atom. The van der Waals surface area contributed by atoms with E-state index in [2.05, 4.69) is 0 Å². The van der Waals surface area contributed by atoms with Crippen LogP contribution >= 0.6 is 23.2 Å². The molecule has 2 aromatic carbocycles. The zero-order chi connectivity index (χ0) is 13.1. The van der Waals surface area contributed by atoms with Crippen molar-refractivity contribution in [3.63, 3.8) is 0 Å². The zero-order valence-corrected chi connectivity index (χ0v) is 11.2. The van der Waals surface area contributed by atoms with Crippen molar-refractivity contribution in [3.8, 4) is 11.5 Å². The first-order chi connectivity index (χ1) is 8.54. The van der Waals surface area contributed by atoms with Crippen molar-refractivity contribution in [2.75, 3.05) is 0 Å². The molecule has 4 heteroatoms. The molecule has 2 nitrogen and oxygen atoms in total. The summed E-state index contributed by atoms with van der Waals surface area (Å²) in [4.78, 5) is 0. The number of halogens is 2. The first-order valence-corrected chi connectivity index (χ1v) is 6.22. The quantitative estimate of drug-likeness (QED) is 0.873. The van der Waals surface area contributed by atoms with Crippen molar-refractivity contribution >= 4 is 23.2 Å². The highest BCUT2D eigenvalue weighted by molar-refractivity contribution is 6.34. The van der Waals surface area contributed by atoms with Gasteiger partial charge < -0.3 is 9.84 Å². The largest absolute Gasteiger partial charge is 0.457 e. The molecular weight excluding hydrogens is 271 g/mol. The summed E-state index contributed by atoms with van der Waals surface area (Å²) in [7, 11) is 0. The number of rotatable bonds is 3. The molecule has 0 saturated carbocycles. The highest BCUT2D eigenvalue weighted by Crippen LogP contribution is 2.29. The molecular formula is C14H12Cl2O2. The fourth-order valence-electron chi connectivity index (χ4n) is 1.56. The topological polar surface area (TPSA) is 29.5 Å². The molecule has 0 aliphatic heterocycles. The molecule has 0 fully saturated rings. The Balaban J connectivity index is 2.25. The summed E-state index contributed by atoms with van der Waals surface area (Å²) >= 11 is 11.8. The van der Waals surface area contributed by atoms with Crippen molar-refractivity contribution in [2.24, 2.45) is 0 Å². The van der Waals surface area contributed by atoms with Gasteiger partial charge in [-0.25, -0.2) is 0 Å². The van der Waals surface area contributed by atoms with Crippen LogP contribution in [0.4, 0.5) is 0 Å². The first-order valence-electron chi connectivity index (χ1n) is 5.46. The molecule has 1 unspecified atom stereocenters. The summed E-state index contributed by atoms with van der Waals surface area (Å²) in [5, 5.41) is 10.5. The van der Waals surface area contributed by atoms with Crippen molar-refractivity contribution in [1.82, 2.24) is 0 Å². The summed E-state index contributed by atoms with van der Waals surface area (Å²) in [5.41, 5.74) is 0.792. The molecule has 0 bridgehead atoms. The van der Waals surface area contributed by atoms with E-state index < -0.39 is 6.10 Å². The van der Waals surface area contributed by atoms with Gasteiger partial charge in [0.25, 0.3) is 0 Å². The van der Waals surface area contributed by atoms with Crippen LogP contribution in [0.3, 0.4) is 0 Å². The second-order valence-corrected chi connectivity index (χ2v) is 4.83. The fourth-order valence-corrected chi connectivity index (χ4v) is 2.07. The maximum absolute atomic E-state index is 9.50. The average molecular weight is 283 g/mol. The summed E-state index contributed by atoms with van der Waals surface area (Å²) in [5.74, 6) is 1.20. The van der Waals surface area contributed by atoms with E-state index in [-0.39, 0.29) is 0 Å². The second kappa shape index (κ2) is 5.61. The lowest BCUT2D eigenvalue weighted by Crippen LogP contribution is -1.91. The standard InChI is InChI=1S/C14H12Cl2O2/c1-9(17)10-3-2-4-13(5-10)18-14-7-11(15)6-12(16)8-14/h2-9,17H,1H3. The lowest BCUT2D eigenvalue weighted by atomic mass is 10.1. The minimum absolute atomic E-state index is 0.518. The highest BCUT2D eigenvalue weighted by atomic mass is 35.5. The number of aliphatic hydroxyl groups excluding tert-OH is 1. The molecule has 18 heavy (non-hydrogen) atoms. The van der Waals surface area contributed by atoms with Crippen LogP contribution in [0.2, 0.25) is 10.0 Å². The fraction of sp³-hybridized carbons (Fsp3) is 0.143. The Labute approximate surface area is 116 Å². The summed E-state index contributed by atoms with van der Waals surface area (Å²) in [6.45, 7) is 1.70. The minimum atomic E-state index is -0.531. The molecule has 1 atom stereocenters. The molecule has 0 aliphatic rings. The van der Waals surface area contributed by atoms with E-state index in [9.17, 15) is 5.11 Å². The van der Waals surface area contributed by atoms with Gasteiger partial charge >= 0.3 is 0 Å². The van der Waals surface area contributed by atoms with E-state index in [1.165, 1.54) is 0 Å². The van der Waals surface area contributed by atoms with Gasteiger partial charge in [-0.15, -0.1) is 0 Å². The van der Waals surface area contributed by atoms with Gasteiger partial charge in [0, 0.05) is 10.0 Å². The predicted octanol–water partition coefficient (Wildman–Crippen LogP) is 4.84. The van der Waals surface area contributed by atoms with E-state index in [4.69, 9.17) is 27.9 Å². The van der Waals surface area contributed by atoms with Gasteiger partial charge in [0.15, 0.2) is 0 Å². The molecule has 1 N–H and O–H groups in total. The van der Waals surface area contributed by atoms with Gasteiger partial charge in [0.2, 0.25) is 0 Å². The highest BCUT2D eigenvalue weighted by Gasteiger charge is 2.04. The number of aliphatic hydroxyl groups is 1. The lowest BCUT2D eigenvalue weighted by molar-refractivity contribution is 0.199. The van der Waals surface area contributed by atoms with Crippen LogP contribution in [0.5, 0.6) is 11.5 Å². The third-order valence-electron chi connectivity index (χ3n) is 2.41.